The fourth-order valence-corrected chi connectivity index (χ4v) is 7.53. The van der Waals surface area contributed by atoms with Gasteiger partial charge in [-0.1, -0.05) is 58.6 Å². The molecule has 2 fully saturated rings. The second-order valence-electron chi connectivity index (χ2n) is 14.9. The van der Waals surface area contributed by atoms with E-state index < -0.39 is 12.1 Å². The molecule has 2 aliphatic rings. The van der Waals surface area contributed by atoms with Gasteiger partial charge in [0.1, 0.15) is 17.7 Å². The molecule has 0 bridgehead atoms. The molecule has 2 aromatic heterocycles. The van der Waals surface area contributed by atoms with E-state index in [9.17, 15) is 14.4 Å². The first-order valence-corrected chi connectivity index (χ1v) is 18.4. The molecule has 11 nitrogen and oxygen atoms in total. The van der Waals surface area contributed by atoms with Gasteiger partial charge in [0.2, 0.25) is 11.8 Å². The minimum atomic E-state index is -0.685. The molecule has 0 radical (unpaired) electrons. The number of nitrogens with one attached hydrogen (secondary N) is 3. The molecule has 3 amide bonds. The molecule has 270 valence electrons. The number of carbonyl (C=O) groups is 3. The molecule has 11 heteroatoms. The van der Waals surface area contributed by atoms with Crippen molar-refractivity contribution in [2.24, 2.45) is 17.8 Å². The molecular formula is C41H47N7O4. The molecule has 0 unspecified atom stereocenters. The Morgan fingerprint density at radius 1 is 0.788 bits per heavy atom. The van der Waals surface area contributed by atoms with E-state index in [2.05, 4.69) is 59.2 Å². The van der Waals surface area contributed by atoms with Gasteiger partial charge in [0.25, 0.3) is 0 Å². The highest BCUT2D eigenvalue weighted by Gasteiger charge is 2.38. The Kier molecular flexibility index (Phi) is 9.66. The third-order valence-electron chi connectivity index (χ3n) is 10.8. The second-order valence-corrected chi connectivity index (χ2v) is 14.9. The average molecular weight is 702 g/mol. The van der Waals surface area contributed by atoms with Crippen LogP contribution in [0.1, 0.15) is 95.2 Å². The van der Waals surface area contributed by atoms with Crippen molar-refractivity contribution in [3.63, 3.8) is 0 Å². The maximum Gasteiger partial charge on any atom is 0.407 e. The van der Waals surface area contributed by atoms with Gasteiger partial charge in [0, 0.05) is 35.5 Å². The van der Waals surface area contributed by atoms with Crippen LogP contribution in [-0.4, -0.2) is 73.9 Å². The molecule has 0 spiro atoms. The number of methoxy groups -OCH3 is 1. The van der Waals surface area contributed by atoms with Gasteiger partial charge in [-0.3, -0.25) is 9.59 Å². The molecule has 0 aliphatic carbocycles. The number of imidazole rings is 2. The van der Waals surface area contributed by atoms with Crippen LogP contribution in [0.5, 0.6) is 0 Å². The first-order chi connectivity index (χ1) is 25.0. The minimum absolute atomic E-state index is 0.0213. The normalized spacial score (nSPS) is 18.7. The van der Waals surface area contributed by atoms with Gasteiger partial charge in [-0.25, -0.2) is 14.8 Å². The Labute approximate surface area is 303 Å². The first-order valence-electron chi connectivity index (χ1n) is 18.4. The fourth-order valence-electron chi connectivity index (χ4n) is 7.53. The summed E-state index contributed by atoms with van der Waals surface area (Å²) in [5.74, 6) is 8.48. The van der Waals surface area contributed by atoms with Crippen LogP contribution in [0, 0.1) is 29.6 Å². The van der Waals surface area contributed by atoms with E-state index in [0.29, 0.717) is 12.5 Å². The SMILES string of the molecule is COC(=O)N[C@H](C(=O)N1CCC[C@H]1c1nc2ccc3cc(C#Cc4ccc5nc([C@@H]6CCCN6C(=O)[C@@H](C)C(C)C)[nH]c5c4)ccc3c2[nH]1)C(C)C. The summed E-state index contributed by atoms with van der Waals surface area (Å²) in [6.45, 7) is 11.4. The first kappa shape index (κ1) is 35.1. The molecule has 5 aromatic rings. The molecule has 3 N–H and O–H groups in total. The smallest absolute Gasteiger partial charge is 0.407 e. The summed E-state index contributed by atoms with van der Waals surface area (Å²) in [4.78, 5) is 59.5. The lowest BCUT2D eigenvalue weighted by molar-refractivity contribution is -0.137. The molecule has 4 heterocycles. The van der Waals surface area contributed by atoms with Gasteiger partial charge in [0.15, 0.2) is 0 Å². The van der Waals surface area contributed by atoms with Gasteiger partial charge in [-0.15, -0.1) is 0 Å². The third-order valence-corrected chi connectivity index (χ3v) is 10.8. The van der Waals surface area contributed by atoms with E-state index >= 15 is 0 Å². The van der Waals surface area contributed by atoms with Gasteiger partial charge in [-0.2, -0.15) is 0 Å². The zero-order valence-electron chi connectivity index (χ0n) is 30.7. The molecule has 2 saturated heterocycles. The Hall–Kier alpha value is -5.37. The zero-order valence-corrected chi connectivity index (χ0v) is 30.7. The minimum Gasteiger partial charge on any atom is -0.453 e. The predicted molar refractivity (Wildman–Crippen MR) is 201 cm³/mol. The van der Waals surface area contributed by atoms with Crippen LogP contribution in [0.4, 0.5) is 4.79 Å². The molecule has 2 aliphatic heterocycles. The number of amides is 3. The Balaban J connectivity index is 1.10. The number of carbonyl (C=O) groups excluding carboxylic acids is 3. The lowest BCUT2D eigenvalue weighted by Gasteiger charge is -2.29. The maximum atomic E-state index is 13.6. The predicted octanol–water partition coefficient (Wildman–Crippen LogP) is 6.99. The van der Waals surface area contributed by atoms with Crippen LogP contribution >= 0.6 is 0 Å². The number of benzene rings is 3. The van der Waals surface area contributed by atoms with E-state index in [-0.39, 0.29) is 35.7 Å². The standard InChI is InChI=1S/C41H47N7O4/c1-23(2)25(5)39(49)47-19-7-9-33(47)37-42-30-17-14-27(22-32(30)44-37)12-11-26-13-16-29-28(21-26)15-18-31-36(29)45-38(43-31)34-10-8-20-48(34)40(50)35(24(3)4)46-41(51)52-6/h13-18,21-25,33-35H,7-10,19-20H2,1-6H3,(H,42,44)(H,43,45)(H,46,51)/t25-,33-,34-,35-/m0/s1. The van der Waals surface area contributed by atoms with E-state index in [0.717, 1.165) is 87.8 Å². The molecule has 0 saturated carbocycles. The quantitative estimate of drug-likeness (QED) is 0.157. The van der Waals surface area contributed by atoms with Crippen molar-refractivity contribution in [1.82, 2.24) is 35.1 Å². The van der Waals surface area contributed by atoms with E-state index in [4.69, 9.17) is 14.7 Å². The number of hydrogen-bond donors (Lipinski definition) is 3. The highest BCUT2D eigenvalue weighted by Crippen LogP contribution is 2.35. The van der Waals surface area contributed by atoms with Crippen LogP contribution < -0.4 is 5.32 Å². The van der Waals surface area contributed by atoms with Gasteiger partial charge >= 0.3 is 6.09 Å². The van der Waals surface area contributed by atoms with Crippen LogP contribution in [0.15, 0.2) is 48.5 Å². The highest BCUT2D eigenvalue weighted by molar-refractivity contribution is 6.04. The average Bonchev–Trinajstić information content (AvgIpc) is 3.96. The molecule has 52 heavy (non-hydrogen) atoms. The summed E-state index contributed by atoms with van der Waals surface area (Å²) >= 11 is 0. The van der Waals surface area contributed by atoms with E-state index in [1.165, 1.54) is 7.11 Å². The maximum absolute atomic E-state index is 13.6. The number of H-pyrrole nitrogens is 2. The van der Waals surface area contributed by atoms with Crippen LogP contribution in [0.2, 0.25) is 0 Å². The third kappa shape index (κ3) is 6.70. The molecular weight excluding hydrogens is 654 g/mol. The summed E-state index contributed by atoms with van der Waals surface area (Å²) < 4.78 is 4.77. The van der Waals surface area contributed by atoms with Gasteiger partial charge in [0.05, 0.1) is 41.3 Å². The molecule has 4 atom stereocenters. The fraction of sp³-hybridized carbons (Fsp3) is 0.439. The highest BCUT2D eigenvalue weighted by atomic mass is 16.5. The monoisotopic (exact) mass is 701 g/mol. The number of fused-ring (bicyclic) bond motifs is 4. The number of nitrogens with zero attached hydrogens (tertiary/aromatic N) is 4. The van der Waals surface area contributed by atoms with Crippen molar-refractivity contribution >= 4 is 50.7 Å². The van der Waals surface area contributed by atoms with Crippen molar-refractivity contribution in [3.05, 3.63) is 71.3 Å². The van der Waals surface area contributed by atoms with Gasteiger partial charge < -0.3 is 29.8 Å². The Morgan fingerprint density at radius 3 is 2.08 bits per heavy atom. The van der Waals surface area contributed by atoms with Crippen molar-refractivity contribution in [2.75, 3.05) is 20.2 Å². The lowest BCUT2D eigenvalue weighted by Crippen LogP contribution is -2.51. The van der Waals surface area contributed by atoms with Crippen molar-refractivity contribution in [2.45, 2.75) is 78.4 Å². The summed E-state index contributed by atoms with van der Waals surface area (Å²) in [6, 6.07) is 15.3. The van der Waals surface area contributed by atoms with Crippen LogP contribution in [-0.2, 0) is 14.3 Å². The summed E-state index contributed by atoms with van der Waals surface area (Å²) in [6.07, 6.45) is 2.90. The molecule has 7 rings (SSSR count). The largest absolute Gasteiger partial charge is 0.453 e. The Morgan fingerprint density at radius 2 is 1.40 bits per heavy atom. The van der Waals surface area contributed by atoms with E-state index in [1.807, 2.05) is 60.9 Å². The van der Waals surface area contributed by atoms with Crippen molar-refractivity contribution < 1.29 is 19.1 Å². The van der Waals surface area contributed by atoms with Gasteiger partial charge in [-0.05, 0) is 79.3 Å². The number of aromatic amines is 2. The van der Waals surface area contributed by atoms with Crippen molar-refractivity contribution in [3.8, 4) is 11.8 Å². The number of alkyl carbamates (subject to hydrolysis) is 1. The van der Waals surface area contributed by atoms with Crippen molar-refractivity contribution in [1.29, 1.82) is 0 Å². The topological polar surface area (TPSA) is 136 Å². The molecule has 3 aromatic carbocycles. The number of hydrogen-bond acceptors (Lipinski definition) is 6. The summed E-state index contributed by atoms with van der Waals surface area (Å²) in [7, 11) is 1.30. The number of likely N-dealkylation sites (tertiary alicyclic amines) is 2. The number of aromatic nitrogens is 4. The van der Waals surface area contributed by atoms with Crippen LogP contribution in [0.25, 0.3) is 32.8 Å². The Bertz CT molecular complexity index is 2220. The van der Waals surface area contributed by atoms with Crippen LogP contribution in [0.3, 0.4) is 0 Å². The lowest BCUT2D eigenvalue weighted by atomic mass is 9.96. The second kappa shape index (κ2) is 14.3. The summed E-state index contributed by atoms with van der Waals surface area (Å²) in [5, 5.41) is 4.77. The summed E-state index contributed by atoms with van der Waals surface area (Å²) in [5.41, 5.74) is 5.30. The zero-order chi connectivity index (χ0) is 36.7. The van der Waals surface area contributed by atoms with E-state index in [1.54, 1.807) is 0 Å². The number of rotatable bonds is 7. The number of ether oxygens (including phenoxy) is 1.